The second-order valence-corrected chi connectivity index (χ2v) is 7.08. The van der Waals surface area contributed by atoms with Crippen molar-refractivity contribution >= 4 is 28.0 Å². The van der Waals surface area contributed by atoms with E-state index in [-0.39, 0.29) is 11.7 Å². The lowest BCUT2D eigenvalue weighted by Gasteiger charge is -2.06. The van der Waals surface area contributed by atoms with Gasteiger partial charge in [0, 0.05) is 12.3 Å². The SMILES string of the molecule is CC(c1nnc(Nc2ccn(Cc3ccccc3)n2)s1)n1cc([N+](=O)[O-])cn1. The molecule has 1 atom stereocenters. The van der Waals surface area contributed by atoms with Crippen molar-refractivity contribution in [3.05, 3.63) is 75.7 Å². The van der Waals surface area contributed by atoms with E-state index in [1.54, 1.807) is 0 Å². The van der Waals surface area contributed by atoms with Crippen LogP contribution < -0.4 is 5.32 Å². The Kier molecular flexibility index (Phi) is 4.81. The van der Waals surface area contributed by atoms with Crippen LogP contribution in [-0.2, 0) is 6.54 Å². The van der Waals surface area contributed by atoms with Gasteiger partial charge in [0.05, 0.1) is 11.5 Å². The van der Waals surface area contributed by atoms with Crippen LogP contribution >= 0.6 is 11.3 Å². The summed E-state index contributed by atoms with van der Waals surface area (Å²) in [7, 11) is 0. The molecule has 0 fully saturated rings. The number of benzene rings is 1. The van der Waals surface area contributed by atoms with Gasteiger partial charge in [-0.3, -0.25) is 19.5 Å². The van der Waals surface area contributed by atoms with E-state index in [4.69, 9.17) is 0 Å². The Bertz CT molecular complexity index is 1090. The number of rotatable bonds is 7. The number of hydrogen-bond donors (Lipinski definition) is 1. The average Bonchev–Trinajstić information content (AvgIpc) is 3.43. The van der Waals surface area contributed by atoms with Crippen molar-refractivity contribution in [2.24, 2.45) is 0 Å². The van der Waals surface area contributed by atoms with Gasteiger partial charge in [0.1, 0.15) is 23.4 Å². The number of nitrogens with one attached hydrogen (secondary N) is 1. The van der Waals surface area contributed by atoms with Crippen LogP contribution in [0, 0.1) is 10.1 Å². The van der Waals surface area contributed by atoms with Gasteiger partial charge in [-0.1, -0.05) is 41.7 Å². The normalized spacial score (nSPS) is 12.0. The summed E-state index contributed by atoms with van der Waals surface area (Å²) >= 11 is 1.35. The molecule has 3 heterocycles. The third-order valence-corrected chi connectivity index (χ3v) is 5.07. The molecule has 142 valence electrons. The van der Waals surface area contributed by atoms with Gasteiger partial charge < -0.3 is 5.32 Å². The summed E-state index contributed by atoms with van der Waals surface area (Å²) in [6.45, 7) is 2.54. The monoisotopic (exact) mass is 396 g/mol. The fraction of sp³-hybridized carbons (Fsp3) is 0.176. The Morgan fingerprint density at radius 3 is 2.82 bits per heavy atom. The van der Waals surface area contributed by atoms with E-state index in [9.17, 15) is 10.1 Å². The molecule has 3 aromatic heterocycles. The van der Waals surface area contributed by atoms with Crippen LogP contribution in [0.15, 0.2) is 55.0 Å². The Morgan fingerprint density at radius 1 is 1.25 bits per heavy atom. The van der Waals surface area contributed by atoms with Crippen LogP contribution in [0.5, 0.6) is 0 Å². The summed E-state index contributed by atoms with van der Waals surface area (Å²) in [5.41, 5.74) is 1.11. The number of hydrogen-bond acceptors (Lipinski definition) is 8. The molecule has 0 spiro atoms. The lowest BCUT2D eigenvalue weighted by atomic mass is 10.2. The minimum Gasteiger partial charge on any atom is -0.313 e. The fourth-order valence-electron chi connectivity index (χ4n) is 2.60. The molecule has 1 unspecified atom stereocenters. The topological polar surface area (TPSA) is 117 Å². The zero-order valence-corrected chi connectivity index (χ0v) is 15.7. The van der Waals surface area contributed by atoms with Crippen molar-refractivity contribution in [3.63, 3.8) is 0 Å². The van der Waals surface area contributed by atoms with Gasteiger partial charge in [-0.2, -0.15) is 10.2 Å². The third kappa shape index (κ3) is 3.88. The summed E-state index contributed by atoms with van der Waals surface area (Å²) in [6, 6.07) is 11.7. The molecule has 0 saturated carbocycles. The molecule has 0 radical (unpaired) electrons. The molecule has 0 bridgehead atoms. The molecule has 11 heteroatoms. The van der Waals surface area contributed by atoms with Crippen LogP contribution in [-0.4, -0.2) is 34.7 Å². The molecule has 0 aliphatic rings. The van der Waals surface area contributed by atoms with Gasteiger partial charge in [-0.05, 0) is 12.5 Å². The number of anilines is 2. The van der Waals surface area contributed by atoms with E-state index in [1.807, 2.05) is 54.2 Å². The van der Waals surface area contributed by atoms with Crippen molar-refractivity contribution in [2.45, 2.75) is 19.5 Å². The van der Waals surface area contributed by atoms with E-state index in [0.29, 0.717) is 22.5 Å². The summed E-state index contributed by atoms with van der Waals surface area (Å²) in [5, 5.41) is 32.0. The van der Waals surface area contributed by atoms with Crippen molar-refractivity contribution in [1.82, 2.24) is 29.8 Å². The Morgan fingerprint density at radius 2 is 2.07 bits per heavy atom. The first-order valence-corrected chi connectivity index (χ1v) is 9.26. The predicted molar refractivity (Wildman–Crippen MR) is 104 cm³/mol. The summed E-state index contributed by atoms with van der Waals surface area (Å²) in [6.07, 6.45) is 4.49. The van der Waals surface area contributed by atoms with Gasteiger partial charge in [0.2, 0.25) is 5.13 Å². The first kappa shape index (κ1) is 17.8. The highest BCUT2D eigenvalue weighted by molar-refractivity contribution is 7.15. The Balaban J connectivity index is 1.42. The Labute approximate surface area is 163 Å². The van der Waals surface area contributed by atoms with Crippen LogP contribution in [0.4, 0.5) is 16.6 Å². The number of nitrogens with zero attached hydrogens (tertiary/aromatic N) is 7. The summed E-state index contributed by atoms with van der Waals surface area (Å²) < 4.78 is 3.34. The highest BCUT2D eigenvalue weighted by Gasteiger charge is 2.18. The van der Waals surface area contributed by atoms with E-state index in [2.05, 4.69) is 25.7 Å². The maximum Gasteiger partial charge on any atom is 0.307 e. The lowest BCUT2D eigenvalue weighted by Crippen LogP contribution is -2.06. The molecular weight excluding hydrogens is 380 g/mol. The standard InChI is InChI=1S/C17H16N8O2S/c1-12(24-11-14(9-18-24)25(26)27)16-20-21-17(28-16)19-15-7-8-23(22-15)10-13-5-3-2-4-6-13/h2-9,11-12H,10H2,1H3,(H,19,21,22). The van der Waals surface area contributed by atoms with Crippen molar-refractivity contribution in [3.8, 4) is 0 Å². The van der Waals surface area contributed by atoms with Crippen LogP contribution in [0.2, 0.25) is 0 Å². The second-order valence-electron chi connectivity index (χ2n) is 6.07. The van der Waals surface area contributed by atoms with Crippen LogP contribution in [0.25, 0.3) is 0 Å². The lowest BCUT2D eigenvalue weighted by molar-refractivity contribution is -0.385. The summed E-state index contributed by atoms with van der Waals surface area (Å²) in [4.78, 5) is 10.3. The van der Waals surface area contributed by atoms with E-state index in [0.717, 1.165) is 5.56 Å². The van der Waals surface area contributed by atoms with Crippen molar-refractivity contribution < 1.29 is 4.92 Å². The minimum atomic E-state index is -0.477. The number of aromatic nitrogens is 6. The fourth-order valence-corrected chi connectivity index (χ4v) is 3.39. The maximum absolute atomic E-state index is 10.8. The predicted octanol–water partition coefficient (Wildman–Crippen LogP) is 3.24. The highest BCUT2D eigenvalue weighted by atomic mass is 32.1. The average molecular weight is 396 g/mol. The second kappa shape index (κ2) is 7.56. The van der Waals surface area contributed by atoms with Crippen LogP contribution in [0.3, 0.4) is 0 Å². The van der Waals surface area contributed by atoms with E-state index >= 15 is 0 Å². The van der Waals surface area contributed by atoms with Crippen molar-refractivity contribution in [1.29, 1.82) is 0 Å². The smallest absolute Gasteiger partial charge is 0.307 e. The van der Waals surface area contributed by atoms with Gasteiger partial charge in [0.15, 0.2) is 5.82 Å². The maximum atomic E-state index is 10.8. The van der Waals surface area contributed by atoms with E-state index < -0.39 is 4.92 Å². The van der Waals surface area contributed by atoms with Gasteiger partial charge in [-0.25, -0.2) is 0 Å². The largest absolute Gasteiger partial charge is 0.313 e. The third-order valence-electron chi connectivity index (χ3n) is 4.06. The number of nitro groups is 1. The molecule has 28 heavy (non-hydrogen) atoms. The molecule has 0 aliphatic heterocycles. The molecule has 0 saturated heterocycles. The summed E-state index contributed by atoms with van der Waals surface area (Å²) in [5.74, 6) is 0.668. The molecule has 10 nitrogen and oxygen atoms in total. The van der Waals surface area contributed by atoms with Gasteiger partial charge >= 0.3 is 5.69 Å². The molecule has 4 aromatic rings. The Hall–Kier alpha value is -3.60. The van der Waals surface area contributed by atoms with Crippen molar-refractivity contribution in [2.75, 3.05) is 5.32 Å². The molecule has 0 aliphatic carbocycles. The molecule has 4 rings (SSSR count). The quantitative estimate of drug-likeness (QED) is 0.376. The molecule has 1 aromatic carbocycles. The van der Waals surface area contributed by atoms with Crippen LogP contribution in [0.1, 0.15) is 23.5 Å². The minimum absolute atomic E-state index is 0.0568. The molecule has 1 N–H and O–H groups in total. The van der Waals surface area contributed by atoms with Gasteiger partial charge in [0.25, 0.3) is 0 Å². The first-order chi connectivity index (χ1) is 13.6. The molecule has 0 amide bonds. The van der Waals surface area contributed by atoms with E-state index in [1.165, 1.54) is 28.4 Å². The first-order valence-electron chi connectivity index (χ1n) is 8.45. The zero-order valence-electron chi connectivity index (χ0n) is 14.8. The highest BCUT2D eigenvalue weighted by Crippen LogP contribution is 2.27. The zero-order chi connectivity index (χ0) is 19.5. The van der Waals surface area contributed by atoms with Gasteiger partial charge in [-0.15, -0.1) is 10.2 Å². The molecular formula is C17H16N8O2S.